The van der Waals surface area contributed by atoms with Crippen molar-refractivity contribution in [2.75, 3.05) is 0 Å². The van der Waals surface area contributed by atoms with Crippen LogP contribution in [0.4, 0.5) is 0 Å². The largest absolute Gasteiger partial charge is 0.338 e. The monoisotopic (exact) mass is 421 g/mol. The van der Waals surface area contributed by atoms with Crippen LogP contribution in [0.1, 0.15) is 19.9 Å². The summed E-state index contributed by atoms with van der Waals surface area (Å²) in [6.45, 7) is 4.59. The second-order valence-electron chi connectivity index (χ2n) is 8.33. The second kappa shape index (κ2) is 5.84. The molecule has 3 heterocycles. The van der Waals surface area contributed by atoms with Gasteiger partial charge >= 0.3 is 0 Å². The highest BCUT2D eigenvalue weighted by Gasteiger charge is 2.20. The van der Waals surface area contributed by atoms with Crippen molar-refractivity contribution < 1.29 is 0 Å². The van der Waals surface area contributed by atoms with Crippen LogP contribution in [0.15, 0.2) is 72.8 Å². The van der Waals surface area contributed by atoms with E-state index in [0.717, 1.165) is 0 Å². The van der Waals surface area contributed by atoms with Crippen LogP contribution in [0.2, 0.25) is 0 Å². The highest BCUT2D eigenvalue weighted by atomic mass is 32.1. The zero-order chi connectivity index (χ0) is 20.0. The molecule has 0 N–H and O–H groups in total. The van der Waals surface area contributed by atoms with Crippen molar-refractivity contribution in [1.82, 2.24) is 4.57 Å². The number of rotatable bonds is 1. The minimum atomic E-state index is 0.406. The lowest BCUT2D eigenvalue weighted by Gasteiger charge is -2.11. The van der Waals surface area contributed by atoms with E-state index in [0.29, 0.717) is 6.04 Å². The summed E-state index contributed by atoms with van der Waals surface area (Å²) < 4.78 is 8.10. The van der Waals surface area contributed by atoms with E-state index in [1.54, 1.807) is 0 Å². The van der Waals surface area contributed by atoms with Gasteiger partial charge in [-0.05, 0) is 38.1 Å². The van der Waals surface area contributed by atoms with E-state index in [1.165, 1.54) is 62.2 Å². The quantitative estimate of drug-likeness (QED) is 0.249. The first-order valence-corrected chi connectivity index (χ1v) is 12.0. The Morgan fingerprint density at radius 2 is 1.03 bits per heavy atom. The van der Waals surface area contributed by atoms with Gasteiger partial charge in [0, 0.05) is 57.2 Å². The zero-order valence-electron chi connectivity index (χ0n) is 16.8. The van der Waals surface area contributed by atoms with Crippen molar-refractivity contribution in [2.24, 2.45) is 0 Å². The van der Waals surface area contributed by atoms with Gasteiger partial charge in [-0.3, -0.25) is 0 Å². The van der Waals surface area contributed by atoms with Crippen LogP contribution in [-0.4, -0.2) is 4.57 Å². The number of fused-ring (bicyclic) bond motifs is 11. The third-order valence-electron chi connectivity index (χ3n) is 6.34. The average Bonchev–Trinajstić information content (AvgIpc) is 3.41. The Bertz CT molecular complexity index is 1650. The molecule has 30 heavy (non-hydrogen) atoms. The molecule has 7 aromatic rings. The molecule has 0 aliphatic carbocycles. The van der Waals surface area contributed by atoms with Gasteiger partial charge < -0.3 is 4.57 Å². The average molecular weight is 422 g/mol. The van der Waals surface area contributed by atoms with E-state index >= 15 is 0 Å². The first-order chi connectivity index (χ1) is 14.7. The fraction of sp³-hybridized carbons (Fsp3) is 0.111. The lowest BCUT2D eigenvalue weighted by molar-refractivity contribution is 0.642. The van der Waals surface area contributed by atoms with Gasteiger partial charge in [0.1, 0.15) is 0 Å². The Balaban J connectivity index is 1.82. The molecular weight excluding hydrogens is 402 g/mol. The normalized spacial score (nSPS) is 12.6. The molecule has 0 amide bonds. The fourth-order valence-electron chi connectivity index (χ4n) is 5.13. The summed E-state index contributed by atoms with van der Waals surface area (Å²) in [5.41, 5.74) is 2.70. The van der Waals surface area contributed by atoms with Crippen LogP contribution in [-0.2, 0) is 0 Å². The van der Waals surface area contributed by atoms with Crippen molar-refractivity contribution in [3.8, 4) is 0 Å². The Kier molecular flexibility index (Phi) is 3.28. The SMILES string of the molecule is CC(C)n1c2ccc3c4ccccc4sc3c2c2c3sc4ccccc4c3ccc21. The fourth-order valence-corrected chi connectivity index (χ4v) is 7.63. The summed E-state index contributed by atoms with van der Waals surface area (Å²) in [5.74, 6) is 0. The van der Waals surface area contributed by atoms with E-state index < -0.39 is 0 Å². The maximum Gasteiger partial charge on any atom is 0.0509 e. The third kappa shape index (κ3) is 2.02. The minimum absolute atomic E-state index is 0.406. The summed E-state index contributed by atoms with van der Waals surface area (Å²) in [4.78, 5) is 0. The lowest BCUT2D eigenvalue weighted by atomic mass is 10.1. The first kappa shape index (κ1) is 16.9. The molecule has 144 valence electrons. The maximum absolute atomic E-state index is 2.53. The van der Waals surface area contributed by atoms with Gasteiger partial charge in [0.2, 0.25) is 0 Å². The Morgan fingerprint density at radius 1 is 0.567 bits per heavy atom. The molecule has 0 saturated heterocycles. The second-order valence-corrected chi connectivity index (χ2v) is 10.4. The molecular formula is C27H19NS2. The molecule has 0 fully saturated rings. The molecule has 4 aromatic carbocycles. The number of nitrogens with zero attached hydrogens (tertiary/aromatic N) is 1. The molecule has 0 unspecified atom stereocenters. The summed E-state index contributed by atoms with van der Waals surface area (Å²) in [5, 5.41) is 8.35. The molecule has 0 aliphatic heterocycles. The van der Waals surface area contributed by atoms with Gasteiger partial charge in [-0.2, -0.15) is 0 Å². The van der Waals surface area contributed by atoms with E-state index in [-0.39, 0.29) is 0 Å². The van der Waals surface area contributed by atoms with Gasteiger partial charge in [0.25, 0.3) is 0 Å². The zero-order valence-corrected chi connectivity index (χ0v) is 18.4. The summed E-state index contributed by atoms with van der Waals surface area (Å²) in [6.07, 6.45) is 0. The standard InChI is InChI=1S/C27H19NS2/c1-15(2)28-20-13-11-18-16-7-3-5-9-22(16)29-26(18)24(20)25-21(28)14-12-19-17-8-4-6-10-23(17)30-27(19)25/h3-15H,1-2H3. The van der Waals surface area contributed by atoms with Crippen LogP contribution in [0, 0.1) is 0 Å². The van der Waals surface area contributed by atoms with Crippen LogP contribution >= 0.6 is 22.7 Å². The molecule has 3 heteroatoms. The highest BCUT2D eigenvalue weighted by molar-refractivity contribution is 7.28. The molecule has 0 spiro atoms. The van der Waals surface area contributed by atoms with Gasteiger partial charge in [0.05, 0.1) is 11.0 Å². The van der Waals surface area contributed by atoms with Gasteiger partial charge in [0.15, 0.2) is 0 Å². The molecule has 0 saturated carbocycles. The number of aromatic nitrogens is 1. The van der Waals surface area contributed by atoms with Crippen molar-refractivity contribution in [1.29, 1.82) is 0 Å². The van der Waals surface area contributed by atoms with Crippen LogP contribution in [0.3, 0.4) is 0 Å². The summed E-state index contributed by atoms with van der Waals surface area (Å²) in [6, 6.07) is 27.4. The van der Waals surface area contributed by atoms with Crippen LogP contribution in [0.25, 0.3) is 62.2 Å². The topological polar surface area (TPSA) is 4.93 Å². The van der Waals surface area contributed by atoms with Gasteiger partial charge in [-0.1, -0.05) is 48.5 Å². The molecule has 3 aromatic heterocycles. The number of thiophene rings is 2. The number of hydrogen-bond acceptors (Lipinski definition) is 2. The minimum Gasteiger partial charge on any atom is -0.338 e. The molecule has 1 nitrogen and oxygen atoms in total. The first-order valence-electron chi connectivity index (χ1n) is 10.4. The van der Waals surface area contributed by atoms with Crippen molar-refractivity contribution in [3.05, 3.63) is 72.8 Å². The third-order valence-corrected chi connectivity index (χ3v) is 8.74. The molecule has 0 atom stereocenters. The predicted octanol–water partition coefficient (Wildman–Crippen LogP) is 9.11. The van der Waals surface area contributed by atoms with Crippen molar-refractivity contribution in [2.45, 2.75) is 19.9 Å². The van der Waals surface area contributed by atoms with E-state index in [4.69, 9.17) is 0 Å². The van der Waals surface area contributed by atoms with E-state index in [2.05, 4.69) is 91.2 Å². The Morgan fingerprint density at radius 3 is 1.50 bits per heavy atom. The number of benzene rings is 4. The Hall–Kier alpha value is -2.88. The van der Waals surface area contributed by atoms with Crippen molar-refractivity contribution in [3.63, 3.8) is 0 Å². The maximum atomic E-state index is 2.53. The lowest BCUT2D eigenvalue weighted by Crippen LogP contribution is -1.99. The Labute approximate surface area is 181 Å². The van der Waals surface area contributed by atoms with E-state index in [1.807, 2.05) is 22.7 Å². The van der Waals surface area contributed by atoms with Crippen LogP contribution in [0.5, 0.6) is 0 Å². The number of hydrogen-bond donors (Lipinski definition) is 0. The highest BCUT2D eigenvalue weighted by Crippen LogP contribution is 2.47. The predicted molar refractivity (Wildman–Crippen MR) is 136 cm³/mol. The smallest absolute Gasteiger partial charge is 0.0509 e. The molecule has 0 radical (unpaired) electrons. The van der Waals surface area contributed by atoms with E-state index in [9.17, 15) is 0 Å². The molecule has 7 rings (SSSR count). The molecule has 0 aliphatic rings. The van der Waals surface area contributed by atoms with Crippen molar-refractivity contribution >= 4 is 84.8 Å². The molecule has 0 bridgehead atoms. The van der Waals surface area contributed by atoms with Gasteiger partial charge in [-0.25, -0.2) is 0 Å². The summed E-state index contributed by atoms with van der Waals surface area (Å²) in [7, 11) is 0. The summed E-state index contributed by atoms with van der Waals surface area (Å²) >= 11 is 3.88. The van der Waals surface area contributed by atoms with Crippen LogP contribution < -0.4 is 0 Å². The van der Waals surface area contributed by atoms with Gasteiger partial charge in [-0.15, -0.1) is 22.7 Å².